The molecule has 20 heavy (non-hydrogen) atoms. The first-order valence-corrected chi connectivity index (χ1v) is 7.12. The highest BCUT2D eigenvalue weighted by Gasteiger charge is 2.05. The molecule has 1 heterocycles. The number of ether oxygens (including phenoxy) is 1. The van der Waals surface area contributed by atoms with E-state index in [-0.39, 0.29) is 6.04 Å². The molecule has 0 saturated carbocycles. The summed E-state index contributed by atoms with van der Waals surface area (Å²) in [5, 5.41) is 4.46. The van der Waals surface area contributed by atoms with E-state index in [1.165, 1.54) is 0 Å². The summed E-state index contributed by atoms with van der Waals surface area (Å²) in [6.45, 7) is 6.78. The normalized spacial score (nSPS) is 12.7. The van der Waals surface area contributed by atoms with E-state index in [1.54, 1.807) is 0 Å². The molecule has 2 aromatic rings. The Bertz CT molecular complexity index is 531. The quantitative estimate of drug-likeness (QED) is 0.877. The highest BCUT2D eigenvalue weighted by atomic mass is 16.5. The fourth-order valence-corrected chi connectivity index (χ4v) is 1.95. The molecule has 4 heteroatoms. The van der Waals surface area contributed by atoms with Crippen molar-refractivity contribution in [2.24, 2.45) is 5.73 Å². The zero-order chi connectivity index (χ0) is 14.5. The minimum absolute atomic E-state index is 0.103. The zero-order valence-electron chi connectivity index (χ0n) is 12.4. The summed E-state index contributed by atoms with van der Waals surface area (Å²) in [6.07, 6.45) is 2.92. The van der Waals surface area contributed by atoms with Crippen molar-refractivity contribution in [1.82, 2.24) is 9.78 Å². The van der Waals surface area contributed by atoms with Crippen LogP contribution in [0.1, 0.15) is 50.5 Å². The largest absolute Gasteiger partial charge is 0.487 e. The maximum Gasteiger partial charge on any atom is 0.132 e. The fourth-order valence-electron chi connectivity index (χ4n) is 1.95. The van der Waals surface area contributed by atoms with Crippen LogP contribution < -0.4 is 10.5 Å². The average molecular weight is 273 g/mol. The first-order chi connectivity index (χ1) is 9.60. The smallest absolute Gasteiger partial charge is 0.132 e. The van der Waals surface area contributed by atoms with Crippen LogP contribution in [0.25, 0.3) is 0 Å². The standard InChI is InChI=1S/C16H23N3O/c1-4-16(17)13-5-7-15(8-6-13)20-11-14-9-10-19(18-14)12(2)3/h5-10,12,16H,4,11,17H2,1-3H3/t16-/m1/s1. The molecule has 0 aliphatic carbocycles. The van der Waals surface area contributed by atoms with Crippen LogP contribution in [0.4, 0.5) is 0 Å². The summed E-state index contributed by atoms with van der Waals surface area (Å²) in [5.74, 6) is 0.844. The van der Waals surface area contributed by atoms with Crippen molar-refractivity contribution in [3.63, 3.8) is 0 Å². The minimum atomic E-state index is 0.103. The van der Waals surface area contributed by atoms with Gasteiger partial charge in [0.1, 0.15) is 12.4 Å². The van der Waals surface area contributed by atoms with Crippen molar-refractivity contribution in [2.75, 3.05) is 0 Å². The van der Waals surface area contributed by atoms with Crippen LogP contribution in [0.5, 0.6) is 5.75 Å². The molecule has 0 unspecified atom stereocenters. The molecule has 0 amide bonds. The second-order valence-corrected chi connectivity index (χ2v) is 5.25. The number of benzene rings is 1. The first kappa shape index (κ1) is 14.6. The van der Waals surface area contributed by atoms with Crippen molar-refractivity contribution in [1.29, 1.82) is 0 Å². The lowest BCUT2D eigenvalue weighted by atomic mass is 10.1. The molecule has 0 fully saturated rings. The number of hydrogen-bond donors (Lipinski definition) is 1. The molecule has 0 spiro atoms. The van der Waals surface area contributed by atoms with Gasteiger partial charge in [-0.25, -0.2) is 0 Å². The van der Waals surface area contributed by atoms with Crippen LogP contribution in [-0.2, 0) is 6.61 Å². The molecule has 0 aliphatic rings. The molecule has 1 aromatic heterocycles. The molecule has 108 valence electrons. The van der Waals surface area contributed by atoms with Gasteiger partial charge in [0.05, 0.1) is 5.69 Å². The van der Waals surface area contributed by atoms with Gasteiger partial charge in [0.2, 0.25) is 0 Å². The van der Waals surface area contributed by atoms with E-state index in [4.69, 9.17) is 10.5 Å². The van der Waals surface area contributed by atoms with Gasteiger partial charge in [-0.3, -0.25) is 4.68 Å². The Morgan fingerprint density at radius 2 is 1.90 bits per heavy atom. The van der Waals surface area contributed by atoms with E-state index >= 15 is 0 Å². The molecule has 2 N–H and O–H groups in total. The van der Waals surface area contributed by atoms with E-state index in [2.05, 4.69) is 25.9 Å². The summed E-state index contributed by atoms with van der Waals surface area (Å²) >= 11 is 0. The number of nitrogens with two attached hydrogens (primary N) is 1. The third kappa shape index (κ3) is 3.61. The van der Waals surface area contributed by atoms with Gasteiger partial charge in [-0.15, -0.1) is 0 Å². The molecule has 0 aliphatic heterocycles. The molecular weight excluding hydrogens is 250 g/mol. The van der Waals surface area contributed by atoms with Crippen molar-refractivity contribution < 1.29 is 4.74 Å². The third-order valence-corrected chi connectivity index (χ3v) is 3.33. The van der Waals surface area contributed by atoms with Crippen molar-refractivity contribution >= 4 is 0 Å². The van der Waals surface area contributed by atoms with Gasteiger partial charge in [0.15, 0.2) is 0 Å². The van der Waals surface area contributed by atoms with E-state index in [9.17, 15) is 0 Å². The van der Waals surface area contributed by atoms with Gasteiger partial charge in [-0.1, -0.05) is 19.1 Å². The van der Waals surface area contributed by atoms with Crippen LogP contribution >= 0.6 is 0 Å². The second-order valence-electron chi connectivity index (χ2n) is 5.25. The Labute approximate surface area is 120 Å². The van der Waals surface area contributed by atoms with Crippen molar-refractivity contribution in [3.05, 3.63) is 47.8 Å². The predicted molar refractivity (Wildman–Crippen MR) is 80.6 cm³/mol. The van der Waals surface area contributed by atoms with Gasteiger partial charge in [-0.05, 0) is 44.0 Å². The average Bonchev–Trinajstić information content (AvgIpc) is 2.94. The summed E-state index contributed by atoms with van der Waals surface area (Å²) in [6, 6.07) is 10.4. The molecule has 0 bridgehead atoms. The maximum atomic E-state index is 5.99. The van der Waals surface area contributed by atoms with E-state index in [0.29, 0.717) is 12.6 Å². The lowest BCUT2D eigenvalue weighted by molar-refractivity contribution is 0.298. The molecule has 2 rings (SSSR count). The Morgan fingerprint density at radius 3 is 2.45 bits per heavy atom. The highest BCUT2D eigenvalue weighted by molar-refractivity contribution is 5.29. The summed E-state index contributed by atoms with van der Waals surface area (Å²) in [5.41, 5.74) is 8.07. The minimum Gasteiger partial charge on any atom is -0.487 e. The summed E-state index contributed by atoms with van der Waals surface area (Å²) in [4.78, 5) is 0. The molecule has 0 saturated heterocycles. The molecule has 1 aromatic carbocycles. The summed E-state index contributed by atoms with van der Waals surface area (Å²) in [7, 11) is 0. The van der Waals surface area contributed by atoms with Crippen molar-refractivity contribution in [3.8, 4) is 5.75 Å². The third-order valence-electron chi connectivity index (χ3n) is 3.33. The van der Waals surface area contributed by atoms with Gasteiger partial charge < -0.3 is 10.5 Å². The number of rotatable bonds is 6. The van der Waals surface area contributed by atoms with Crippen LogP contribution in [0.2, 0.25) is 0 Å². The van der Waals surface area contributed by atoms with Crippen LogP contribution in [0, 0.1) is 0 Å². The van der Waals surface area contributed by atoms with Gasteiger partial charge >= 0.3 is 0 Å². The zero-order valence-corrected chi connectivity index (χ0v) is 12.4. The van der Waals surface area contributed by atoms with Crippen molar-refractivity contribution in [2.45, 2.75) is 45.9 Å². The monoisotopic (exact) mass is 273 g/mol. The molecule has 0 radical (unpaired) electrons. The second kappa shape index (κ2) is 6.57. The van der Waals surface area contributed by atoms with Gasteiger partial charge in [0.25, 0.3) is 0 Å². The molecular formula is C16H23N3O. The topological polar surface area (TPSA) is 53.1 Å². The number of nitrogens with zero attached hydrogens (tertiary/aromatic N) is 2. The Hall–Kier alpha value is -1.81. The number of hydrogen-bond acceptors (Lipinski definition) is 3. The van der Waals surface area contributed by atoms with E-state index < -0.39 is 0 Å². The maximum absolute atomic E-state index is 5.99. The Kier molecular flexibility index (Phi) is 4.79. The Morgan fingerprint density at radius 1 is 1.20 bits per heavy atom. The highest BCUT2D eigenvalue weighted by Crippen LogP contribution is 2.19. The van der Waals surface area contributed by atoms with Gasteiger partial charge in [0, 0.05) is 18.3 Å². The Balaban J connectivity index is 1.93. The van der Waals surface area contributed by atoms with Crippen LogP contribution in [0.3, 0.4) is 0 Å². The fraction of sp³-hybridized carbons (Fsp3) is 0.438. The predicted octanol–water partition coefficient (Wildman–Crippen LogP) is 3.45. The lowest BCUT2D eigenvalue weighted by Gasteiger charge is -2.10. The summed E-state index contributed by atoms with van der Waals surface area (Å²) < 4.78 is 7.67. The SMILES string of the molecule is CC[C@@H](N)c1ccc(OCc2ccn(C(C)C)n2)cc1. The lowest BCUT2D eigenvalue weighted by Crippen LogP contribution is -2.08. The molecule has 4 nitrogen and oxygen atoms in total. The van der Waals surface area contributed by atoms with Crippen LogP contribution in [0.15, 0.2) is 36.5 Å². The number of aromatic nitrogens is 2. The van der Waals surface area contributed by atoms with Gasteiger partial charge in [-0.2, -0.15) is 5.10 Å². The molecule has 1 atom stereocenters. The van der Waals surface area contributed by atoms with E-state index in [0.717, 1.165) is 23.4 Å². The van der Waals surface area contributed by atoms with E-state index in [1.807, 2.05) is 41.2 Å². The first-order valence-electron chi connectivity index (χ1n) is 7.12. The van der Waals surface area contributed by atoms with Crippen LogP contribution in [-0.4, -0.2) is 9.78 Å².